The Labute approximate surface area is 227 Å². The van der Waals surface area contributed by atoms with Crippen molar-refractivity contribution in [2.45, 2.75) is 38.8 Å². The maximum Gasteiger partial charge on any atom is 0.379 e. The van der Waals surface area contributed by atoms with Crippen LogP contribution >= 0.6 is 0 Å². The first-order valence-corrected chi connectivity index (χ1v) is 12.5. The van der Waals surface area contributed by atoms with Crippen molar-refractivity contribution < 1.29 is 28.1 Å². The molecule has 0 bridgehead atoms. The summed E-state index contributed by atoms with van der Waals surface area (Å²) in [5.74, 6) is -0.786. The van der Waals surface area contributed by atoms with Crippen molar-refractivity contribution in [3.63, 3.8) is 0 Å². The monoisotopic (exact) mass is 549 g/mol. The van der Waals surface area contributed by atoms with E-state index in [0.717, 1.165) is 25.8 Å². The number of hydrazone groups is 1. The lowest BCUT2D eigenvalue weighted by molar-refractivity contribution is 0.0695. The van der Waals surface area contributed by atoms with Crippen LogP contribution in [-0.2, 0) is 6.54 Å². The Hall–Kier alpha value is -5.05. The van der Waals surface area contributed by atoms with Gasteiger partial charge >= 0.3 is 5.97 Å². The zero-order valence-electron chi connectivity index (χ0n) is 21.8. The van der Waals surface area contributed by atoms with Gasteiger partial charge in [-0.25, -0.2) is 14.8 Å². The summed E-state index contributed by atoms with van der Waals surface area (Å²) in [6, 6.07) is 8.30. The van der Waals surface area contributed by atoms with Crippen molar-refractivity contribution >= 4 is 23.9 Å². The lowest BCUT2D eigenvalue weighted by atomic mass is 10.0. The number of likely N-dealkylation sites (tertiary alicyclic amines) is 1. The molecule has 0 saturated carbocycles. The van der Waals surface area contributed by atoms with Crippen LogP contribution in [0.5, 0.6) is 11.5 Å². The number of piperidine rings is 1. The predicted octanol–water partition coefficient (Wildman–Crippen LogP) is 2.19. The molecule has 1 aromatic carbocycles. The number of rotatable bonds is 9. The number of aromatic nitrogens is 5. The Bertz CT molecular complexity index is 1510. The van der Waals surface area contributed by atoms with E-state index >= 15 is 0 Å². The fourth-order valence-electron chi connectivity index (χ4n) is 4.37. The van der Waals surface area contributed by atoms with E-state index in [1.54, 1.807) is 24.3 Å². The molecular formula is C25H27N9O6. The molecule has 0 radical (unpaired) electrons. The second-order valence-electron chi connectivity index (χ2n) is 9.03. The fraction of sp³-hybridized carbons (Fsp3) is 0.320. The molecule has 5 rings (SSSR count). The average Bonchev–Trinajstić information content (AvgIpc) is 3.72. The molecule has 3 aromatic heterocycles. The molecule has 1 saturated heterocycles. The first kappa shape index (κ1) is 26.6. The standard InChI is InChI=1S/C25H27N9O6/c1-15-7-3-4-11-33(15)14-17-20(28-32-34(17)23-22(26)30-40-31-23)24(35)29-27-13-16-8-5-9-18(37-2)21(16)39-25(36)19-10-6-12-38-19/h5-6,8-10,12-13,15H,3-4,7,11,14H2,1-2H3,(H2,26,30)(H,29,35). The highest BCUT2D eigenvalue weighted by atomic mass is 16.6. The van der Waals surface area contributed by atoms with Crippen LogP contribution in [0, 0.1) is 0 Å². The number of benzene rings is 1. The van der Waals surface area contributed by atoms with Gasteiger partial charge < -0.3 is 19.6 Å². The smallest absolute Gasteiger partial charge is 0.379 e. The highest BCUT2D eigenvalue weighted by Crippen LogP contribution is 2.31. The highest BCUT2D eigenvalue weighted by Gasteiger charge is 2.28. The van der Waals surface area contributed by atoms with Crippen molar-refractivity contribution in [2.24, 2.45) is 5.10 Å². The molecule has 208 valence electrons. The van der Waals surface area contributed by atoms with Crippen molar-refractivity contribution in [1.82, 2.24) is 35.6 Å². The summed E-state index contributed by atoms with van der Waals surface area (Å²) in [6.07, 6.45) is 5.90. The summed E-state index contributed by atoms with van der Waals surface area (Å²) >= 11 is 0. The van der Waals surface area contributed by atoms with Gasteiger partial charge in [-0.05, 0) is 60.9 Å². The molecule has 1 unspecified atom stereocenters. The number of nitrogens with one attached hydrogen (secondary N) is 1. The molecule has 4 heterocycles. The van der Waals surface area contributed by atoms with E-state index in [4.69, 9.17) is 24.3 Å². The molecule has 1 fully saturated rings. The van der Waals surface area contributed by atoms with Crippen molar-refractivity contribution in [1.29, 1.82) is 0 Å². The van der Waals surface area contributed by atoms with E-state index in [-0.39, 0.29) is 34.6 Å². The minimum absolute atomic E-state index is 0.0115. The minimum atomic E-state index is -0.719. The highest BCUT2D eigenvalue weighted by molar-refractivity contribution is 5.95. The maximum atomic E-state index is 13.2. The number of carbonyl (C=O) groups is 2. The molecule has 15 nitrogen and oxygen atoms in total. The Morgan fingerprint density at radius 1 is 1.25 bits per heavy atom. The van der Waals surface area contributed by atoms with Gasteiger partial charge in [0.15, 0.2) is 17.2 Å². The van der Waals surface area contributed by atoms with Crippen LogP contribution in [0.2, 0.25) is 0 Å². The van der Waals surface area contributed by atoms with Gasteiger partial charge in [0, 0.05) is 18.2 Å². The number of para-hydroxylation sites is 1. The largest absolute Gasteiger partial charge is 0.493 e. The number of amides is 1. The number of nitrogens with two attached hydrogens (primary N) is 1. The topological polar surface area (TPSA) is 189 Å². The molecule has 4 aromatic rings. The van der Waals surface area contributed by atoms with Gasteiger partial charge in [0.1, 0.15) is 0 Å². The fourth-order valence-corrected chi connectivity index (χ4v) is 4.37. The molecule has 40 heavy (non-hydrogen) atoms. The lowest BCUT2D eigenvalue weighted by Gasteiger charge is -2.33. The van der Waals surface area contributed by atoms with Gasteiger partial charge in [0.05, 0.1) is 25.3 Å². The average molecular weight is 550 g/mol. The third-order valence-electron chi connectivity index (χ3n) is 6.48. The third kappa shape index (κ3) is 5.54. The van der Waals surface area contributed by atoms with Crippen LogP contribution in [0.25, 0.3) is 5.82 Å². The van der Waals surface area contributed by atoms with Crippen LogP contribution in [0.3, 0.4) is 0 Å². The molecule has 1 aliphatic rings. The van der Waals surface area contributed by atoms with Crippen molar-refractivity contribution in [3.8, 4) is 17.3 Å². The van der Waals surface area contributed by atoms with E-state index < -0.39 is 11.9 Å². The molecule has 1 amide bonds. The van der Waals surface area contributed by atoms with Gasteiger partial charge in [0.25, 0.3) is 5.91 Å². The first-order valence-electron chi connectivity index (χ1n) is 12.5. The van der Waals surface area contributed by atoms with Crippen LogP contribution in [-0.4, -0.2) is 68.0 Å². The van der Waals surface area contributed by atoms with Gasteiger partial charge in [-0.15, -0.1) is 5.10 Å². The molecule has 1 aliphatic heterocycles. The molecule has 0 spiro atoms. The summed E-state index contributed by atoms with van der Waals surface area (Å²) < 4.78 is 22.0. The Balaban J connectivity index is 1.38. The van der Waals surface area contributed by atoms with E-state index in [1.165, 1.54) is 30.3 Å². The summed E-state index contributed by atoms with van der Waals surface area (Å²) in [5, 5.41) is 19.6. The Morgan fingerprint density at radius 3 is 2.85 bits per heavy atom. The maximum absolute atomic E-state index is 13.2. The number of ether oxygens (including phenoxy) is 2. The molecule has 3 N–H and O–H groups in total. The number of methoxy groups -OCH3 is 1. The molecule has 15 heteroatoms. The van der Waals surface area contributed by atoms with Crippen molar-refractivity contribution in [2.75, 3.05) is 19.4 Å². The second kappa shape index (κ2) is 11.8. The van der Waals surface area contributed by atoms with E-state index in [1.807, 2.05) is 0 Å². The summed E-state index contributed by atoms with van der Waals surface area (Å²) in [5.41, 5.74) is 9.21. The van der Waals surface area contributed by atoms with Crippen LogP contribution in [0.1, 0.15) is 58.5 Å². The lowest BCUT2D eigenvalue weighted by Crippen LogP contribution is -2.38. The molecular weight excluding hydrogens is 522 g/mol. The summed E-state index contributed by atoms with van der Waals surface area (Å²) in [6.45, 7) is 3.36. The summed E-state index contributed by atoms with van der Waals surface area (Å²) in [7, 11) is 1.44. The quantitative estimate of drug-likeness (QED) is 0.134. The number of anilines is 1. The van der Waals surface area contributed by atoms with Gasteiger partial charge in [0.2, 0.25) is 17.4 Å². The first-order chi connectivity index (χ1) is 19.5. The van der Waals surface area contributed by atoms with Gasteiger partial charge in [-0.3, -0.25) is 9.69 Å². The predicted molar refractivity (Wildman–Crippen MR) is 139 cm³/mol. The zero-order valence-corrected chi connectivity index (χ0v) is 21.8. The SMILES string of the molecule is COc1cccc(C=NNC(=O)c2nnn(-c3nonc3N)c2CN2CCCCC2C)c1OC(=O)c1ccco1. The molecule has 0 aliphatic carbocycles. The van der Waals surface area contributed by atoms with Crippen LogP contribution in [0.15, 0.2) is 50.7 Å². The summed E-state index contributed by atoms with van der Waals surface area (Å²) in [4.78, 5) is 27.9. The minimum Gasteiger partial charge on any atom is -0.493 e. The van der Waals surface area contributed by atoms with E-state index in [9.17, 15) is 9.59 Å². The third-order valence-corrected chi connectivity index (χ3v) is 6.48. The number of hydrogen-bond donors (Lipinski definition) is 2. The number of hydrogen-bond acceptors (Lipinski definition) is 13. The van der Waals surface area contributed by atoms with E-state index in [0.29, 0.717) is 23.8 Å². The zero-order chi connectivity index (χ0) is 28.1. The van der Waals surface area contributed by atoms with Crippen LogP contribution < -0.4 is 20.6 Å². The van der Waals surface area contributed by atoms with Gasteiger partial charge in [-0.2, -0.15) is 9.78 Å². The number of nitrogens with zero attached hydrogens (tertiary/aromatic N) is 7. The Kier molecular flexibility index (Phi) is 7.82. The number of nitrogen functional groups attached to an aromatic ring is 1. The number of esters is 1. The van der Waals surface area contributed by atoms with Gasteiger partial charge in [-0.1, -0.05) is 17.7 Å². The van der Waals surface area contributed by atoms with E-state index in [2.05, 4.69) is 43.0 Å². The Morgan fingerprint density at radius 2 is 2.12 bits per heavy atom. The van der Waals surface area contributed by atoms with Crippen molar-refractivity contribution in [3.05, 3.63) is 59.3 Å². The number of carbonyl (C=O) groups excluding carboxylic acids is 2. The normalized spacial score (nSPS) is 15.8. The second-order valence-corrected chi connectivity index (χ2v) is 9.03. The number of furan rings is 1. The van der Waals surface area contributed by atoms with Crippen LogP contribution in [0.4, 0.5) is 5.82 Å². The molecule has 1 atom stereocenters.